The first-order valence-electron chi connectivity index (χ1n) is 16.7. The van der Waals surface area contributed by atoms with Crippen molar-refractivity contribution >= 4 is 43.7 Å². The van der Waals surface area contributed by atoms with Gasteiger partial charge in [0.2, 0.25) is 0 Å². The van der Waals surface area contributed by atoms with Crippen molar-refractivity contribution < 1.29 is 4.42 Å². The maximum Gasteiger partial charge on any atom is 0.164 e. The average Bonchev–Trinajstić information content (AvgIpc) is 3.74. The standard InChI is InChI=1S/C45H28N4O/c1-3-13-29(14-4-1)34-21-12-24-40-42(34)37-26-25-32(28-41(37)50-40)45-47-43(30-15-5-2-6-16-30)46-44(48-45)31-17-11-18-33(27-31)49-38-22-9-7-19-35(38)36-20-8-10-23-39(36)49/h1-28H. The largest absolute Gasteiger partial charge is 0.456 e. The Balaban J connectivity index is 1.14. The van der Waals surface area contributed by atoms with E-state index in [-0.39, 0.29) is 0 Å². The predicted octanol–water partition coefficient (Wildman–Crippen LogP) is 11.5. The van der Waals surface area contributed by atoms with Crippen LogP contribution in [0.15, 0.2) is 174 Å². The smallest absolute Gasteiger partial charge is 0.164 e. The van der Waals surface area contributed by atoms with Crippen molar-refractivity contribution in [2.45, 2.75) is 0 Å². The van der Waals surface area contributed by atoms with E-state index in [4.69, 9.17) is 19.4 Å². The van der Waals surface area contributed by atoms with Crippen molar-refractivity contribution in [2.75, 3.05) is 0 Å². The molecule has 7 aromatic carbocycles. The Kier molecular flexibility index (Phi) is 6.42. The molecule has 0 fully saturated rings. The Morgan fingerprint density at radius 3 is 1.64 bits per heavy atom. The van der Waals surface area contributed by atoms with Crippen LogP contribution >= 0.6 is 0 Å². The number of furan rings is 1. The lowest BCUT2D eigenvalue weighted by atomic mass is 9.99. The summed E-state index contributed by atoms with van der Waals surface area (Å²) in [6.45, 7) is 0. The molecule has 0 amide bonds. The van der Waals surface area contributed by atoms with Gasteiger partial charge in [0.1, 0.15) is 11.2 Å². The first kappa shape index (κ1) is 28.2. The zero-order valence-corrected chi connectivity index (χ0v) is 26.9. The molecular formula is C45H28N4O. The van der Waals surface area contributed by atoms with Gasteiger partial charge >= 0.3 is 0 Å². The fraction of sp³-hybridized carbons (Fsp3) is 0. The summed E-state index contributed by atoms with van der Waals surface area (Å²) in [5.41, 5.74) is 9.98. The van der Waals surface area contributed by atoms with Crippen molar-refractivity contribution in [1.29, 1.82) is 0 Å². The summed E-state index contributed by atoms with van der Waals surface area (Å²) in [6.07, 6.45) is 0. The zero-order chi connectivity index (χ0) is 33.0. The van der Waals surface area contributed by atoms with Crippen molar-refractivity contribution in [3.8, 4) is 51.0 Å². The molecule has 0 aliphatic rings. The van der Waals surface area contributed by atoms with Crippen molar-refractivity contribution in [2.24, 2.45) is 0 Å². The Hall–Kier alpha value is -6.85. The lowest BCUT2D eigenvalue weighted by Gasteiger charge is -2.11. The molecule has 5 heteroatoms. The van der Waals surface area contributed by atoms with Crippen molar-refractivity contribution in [1.82, 2.24) is 19.5 Å². The molecule has 3 heterocycles. The number of nitrogens with zero attached hydrogens (tertiary/aromatic N) is 4. The summed E-state index contributed by atoms with van der Waals surface area (Å²) < 4.78 is 8.77. The molecule has 0 N–H and O–H groups in total. The van der Waals surface area contributed by atoms with E-state index in [0.29, 0.717) is 17.5 Å². The third-order valence-corrected chi connectivity index (χ3v) is 9.45. The lowest BCUT2D eigenvalue weighted by Crippen LogP contribution is -2.01. The van der Waals surface area contributed by atoms with Crippen LogP contribution in [-0.2, 0) is 0 Å². The van der Waals surface area contributed by atoms with Gasteiger partial charge in [-0.3, -0.25) is 0 Å². The minimum absolute atomic E-state index is 0.585. The fourth-order valence-electron chi connectivity index (χ4n) is 7.16. The highest BCUT2D eigenvalue weighted by atomic mass is 16.3. The molecule has 0 aliphatic carbocycles. The van der Waals surface area contributed by atoms with Gasteiger partial charge in [-0.2, -0.15) is 0 Å². The van der Waals surface area contributed by atoms with Gasteiger partial charge in [-0.05, 0) is 53.6 Å². The highest BCUT2D eigenvalue weighted by Crippen LogP contribution is 2.38. The van der Waals surface area contributed by atoms with Crippen LogP contribution in [0.2, 0.25) is 0 Å². The number of fused-ring (bicyclic) bond motifs is 6. The minimum atomic E-state index is 0.585. The van der Waals surface area contributed by atoms with E-state index < -0.39 is 0 Å². The van der Waals surface area contributed by atoms with Gasteiger partial charge in [0, 0.05) is 43.9 Å². The first-order valence-corrected chi connectivity index (χ1v) is 16.7. The summed E-state index contributed by atoms with van der Waals surface area (Å²) in [6, 6.07) is 58.5. The monoisotopic (exact) mass is 640 g/mol. The summed E-state index contributed by atoms with van der Waals surface area (Å²) >= 11 is 0. The molecule has 0 unspecified atom stereocenters. The number of benzene rings is 7. The van der Waals surface area contributed by atoms with E-state index in [9.17, 15) is 0 Å². The van der Waals surface area contributed by atoms with Gasteiger partial charge in [0.15, 0.2) is 17.5 Å². The number of hydrogen-bond acceptors (Lipinski definition) is 4. The van der Waals surface area contributed by atoms with Crippen LogP contribution in [0, 0.1) is 0 Å². The Labute approximate surface area is 287 Å². The Morgan fingerprint density at radius 1 is 0.380 bits per heavy atom. The van der Waals surface area contributed by atoms with Crippen LogP contribution in [0.25, 0.3) is 94.7 Å². The molecule has 5 nitrogen and oxygen atoms in total. The van der Waals surface area contributed by atoms with Crippen molar-refractivity contribution in [3.63, 3.8) is 0 Å². The molecule has 0 radical (unpaired) electrons. The third kappa shape index (κ3) is 4.60. The first-order chi connectivity index (χ1) is 24.8. The van der Waals surface area contributed by atoms with Gasteiger partial charge in [-0.1, -0.05) is 127 Å². The second-order valence-electron chi connectivity index (χ2n) is 12.5. The van der Waals surface area contributed by atoms with Crippen LogP contribution < -0.4 is 0 Å². The minimum Gasteiger partial charge on any atom is -0.456 e. The molecule has 50 heavy (non-hydrogen) atoms. The molecule has 0 aliphatic heterocycles. The lowest BCUT2D eigenvalue weighted by molar-refractivity contribution is 0.669. The topological polar surface area (TPSA) is 56.7 Å². The molecule has 0 bridgehead atoms. The second kappa shape index (κ2) is 11.4. The molecule has 10 aromatic rings. The van der Waals surface area contributed by atoms with Gasteiger partial charge in [0.25, 0.3) is 0 Å². The van der Waals surface area contributed by atoms with E-state index in [0.717, 1.165) is 66.5 Å². The Morgan fingerprint density at radius 2 is 0.940 bits per heavy atom. The zero-order valence-electron chi connectivity index (χ0n) is 26.9. The molecule has 3 aromatic heterocycles. The van der Waals surface area contributed by atoms with E-state index >= 15 is 0 Å². The molecule has 0 spiro atoms. The van der Waals surface area contributed by atoms with Crippen LogP contribution in [0.3, 0.4) is 0 Å². The molecule has 10 rings (SSSR count). The molecule has 234 valence electrons. The summed E-state index contributed by atoms with van der Waals surface area (Å²) in [5.74, 6) is 1.80. The molecule has 0 saturated carbocycles. The highest BCUT2D eigenvalue weighted by molar-refractivity contribution is 6.13. The third-order valence-electron chi connectivity index (χ3n) is 9.45. The molecular weight excluding hydrogens is 613 g/mol. The van der Waals surface area contributed by atoms with E-state index in [2.05, 4.69) is 120 Å². The van der Waals surface area contributed by atoms with E-state index in [1.165, 1.54) is 10.8 Å². The number of rotatable bonds is 5. The Bertz CT molecular complexity index is 2820. The van der Waals surface area contributed by atoms with Crippen LogP contribution in [0.5, 0.6) is 0 Å². The van der Waals surface area contributed by atoms with E-state index in [1.807, 2.05) is 54.6 Å². The van der Waals surface area contributed by atoms with E-state index in [1.54, 1.807) is 0 Å². The second-order valence-corrected chi connectivity index (χ2v) is 12.5. The molecule has 0 saturated heterocycles. The maximum absolute atomic E-state index is 6.46. The van der Waals surface area contributed by atoms with Gasteiger partial charge < -0.3 is 8.98 Å². The van der Waals surface area contributed by atoms with Gasteiger partial charge in [-0.15, -0.1) is 0 Å². The van der Waals surface area contributed by atoms with Gasteiger partial charge in [0.05, 0.1) is 11.0 Å². The SMILES string of the molecule is c1ccc(-c2nc(-c3cccc(-n4c5ccccc5c5ccccc54)c3)nc(-c3ccc4c(c3)oc3cccc(-c5ccccc5)c34)n2)cc1. The fourth-order valence-corrected chi connectivity index (χ4v) is 7.16. The maximum atomic E-state index is 6.46. The predicted molar refractivity (Wildman–Crippen MR) is 203 cm³/mol. The summed E-state index contributed by atoms with van der Waals surface area (Å²) in [7, 11) is 0. The van der Waals surface area contributed by atoms with Crippen molar-refractivity contribution in [3.05, 3.63) is 170 Å². The highest BCUT2D eigenvalue weighted by Gasteiger charge is 2.18. The summed E-state index contributed by atoms with van der Waals surface area (Å²) in [5, 5.41) is 4.60. The molecule has 0 atom stereocenters. The summed E-state index contributed by atoms with van der Waals surface area (Å²) in [4.78, 5) is 15.1. The normalized spacial score (nSPS) is 11.6. The number of para-hydroxylation sites is 2. The van der Waals surface area contributed by atoms with Crippen LogP contribution in [0.1, 0.15) is 0 Å². The number of hydrogen-bond donors (Lipinski definition) is 0. The van der Waals surface area contributed by atoms with Gasteiger partial charge in [-0.25, -0.2) is 15.0 Å². The quantitative estimate of drug-likeness (QED) is 0.188. The number of aromatic nitrogens is 4. The average molecular weight is 641 g/mol. The van der Waals surface area contributed by atoms with Crippen LogP contribution in [-0.4, -0.2) is 19.5 Å². The van der Waals surface area contributed by atoms with Crippen LogP contribution in [0.4, 0.5) is 0 Å².